The number of carbonyl (C=O) groups excluding carboxylic acids is 2. The van der Waals surface area contributed by atoms with Crippen LogP contribution in [-0.4, -0.2) is 78.6 Å². The summed E-state index contributed by atoms with van der Waals surface area (Å²) < 4.78 is 27.5. The molecule has 0 spiro atoms. The van der Waals surface area contributed by atoms with Crippen LogP contribution in [0.25, 0.3) is 22.0 Å². The Morgan fingerprint density at radius 1 is 0.964 bits per heavy atom. The summed E-state index contributed by atoms with van der Waals surface area (Å²) in [6, 6.07) is 24.1. The normalized spacial score (nSPS) is 14.6. The SMILES string of the molecule is COc1cc(NC(=O)CCCc2ccc(-c3ccccc3)c(NC(=O)OC3CC[N+](C)(C)CC3)c2)c(F)cc1CNC[C@@H](O)c1ccc(O)c2[nH]c(=O)ccc12. The van der Waals surface area contributed by atoms with Crippen LogP contribution < -0.4 is 26.2 Å². The van der Waals surface area contributed by atoms with Crippen molar-refractivity contribution in [3.05, 3.63) is 118 Å². The number of carbonyl (C=O) groups is 2. The molecule has 1 atom stereocenters. The van der Waals surface area contributed by atoms with Gasteiger partial charge in [0, 0.05) is 61.0 Å². The van der Waals surface area contributed by atoms with Gasteiger partial charge in [0.1, 0.15) is 23.4 Å². The van der Waals surface area contributed by atoms with Gasteiger partial charge in [-0.1, -0.05) is 48.5 Å². The van der Waals surface area contributed by atoms with Gasteiger partial charge >= 0.3 is 6.09 Å². The lowest BCUT2D eigenvalue weighted by atomic mass is 9.99. The number of hydrogen-bond donors (Lipinski definition) is 6. The Hall–Kier alpha value is -5.76. The van der Waals surface area contributed by atoms with Crippen molar-refractivity contribution in [2.75, 3.05) is 51.5 Å². The number of aryl methyl sites for hydroxylation is 1. The molecule has 2 amide bonds. The Bertz CT molecular complexity index is 2230. The second-order valence-corrected chi connectivity index (χ2v) is 14.8. The van der Waals surface area contributed by atoms with E-state index in [2.05, 4.69) is 35.0 Å². The lowest BCUT2D eigenvalue weighted by Crippen LogP contribution is -2.48. The third kappa shape index (κ3) is 10.1. The van der Waals surface area contributed by atoms with Crippen LogP contribution in [0.15, 0.2) is 89.7 Å². The van der Waals surface area contributed by atoms with Crippen molar-refractivity contribution in [3.8, 4) is 22.6 Å². The standard InChI is InChI=1S/C43H48FN5O7/c1-49(2)20-18-30(19-21-49)56-43(54)47-35-22-27(12-13-31(35)28-9-5-4-6-10-28)8-7-11-40(52)46-36-24-39(55-3)29(23-34(36)44)25-45-26-38(51)32-14-16-37(50)42-33(32)15-17-41(53)48-42/h4-6,9-10,12-17,22-24,30,38,45,51H,7-8,11,18-21,25-26H2,1-3H3,(H3-,46,47,48,50,52,53,54)/p+1/t38-/m1/s1. The molecular weight excluding hydrogens is 717 g/mol. The predicted octanol–water partition coefficient (Wildman–Crippen LogP) is 6.62. The zero-order chi connectivity index (χ0) is 39.8. The maximum absolute atomic E-state index is 15.3. The fourth-order valence-electron chi connectivity index (χ4n) is 7.06. The molecule has 1 saturated heterocycles. The first-order chi connectivity index (χ1) is 26.9. The van der Waals surface area contributed by atoms with Gasteiger partial charge in [-0.25, -0.2) is 9.18 Å². The number of nitrogens with zero attached hydrogens (tertiary/aromatic N) is 1. The molecular formula is C43H49FN5O7+. The molecule has 0 aliphatic carbocycles. The number of phenolic OH excluding ortho intramolecular Hbond substituents is 1. The third-order valence-corrected chi connectivity index (χ3v) is 10.2. The molecule has 2 heterocycles. The number of nitrogens with one attached hydrogen (secondary N) is 4. The molecule has 12 nitrogen and oxygen atoms in total. The number of benzene rings is 4. The summed E-state index contributed by atoms with van der Waals surface area (Å²) in [5.41, 5.74) is 4.16. The zero-order valence-corrected chi connectivity index (χ0v) is 31.9. The number of quaternary nitrogens is 1. The van der Waals surface area contributed by atoms with Gasteiger partial charge in [-0.2, -0.15) is 0 Å². The number of amides is 2. The number of anilines is 2. The lowest BCUT2D eigenvalue weighted by molar-refractivity contribution is -0.896. The smallest absolute Gasteiger partial charge is 0.411 e. The number of methoxy groups -OCH3 is 1. The van der Waals surface area contributed by atoms with Crippen LogP contribution in [0.5, 0.6) is 11.5 Å². The van der Waals surface area contributed by atoms with E-state index < -0.39 is 18.0 Å². The van der Waals surface area contributed by atoms with Gasteiger partial charge in [0.2, 0.25) is 11.5 Å². The van der Waals surface area contributed by atoms with Crippen molar-refractivity contribution in [3.63, 3.8) is 0 Å². The number of H-pyrrole nitrogens is 1. The van der Waals surface area contributed by atoms with Crippen molar-refractivity contribution in [2.24, 2.45) is 0 Å². The molecule has 5 aromatic rings. The number of likely N-dealkylation sites (tertiary alicyclic amines) is 1. The number of piperidine rings is 1. The van der Waals surface area contributed by atoms with Crippen molar-refractivity contribution in [2.45, 2.75) is 50.9 Å². The first-order valence-corrected chi connectivity index (χ1v) is 18.8. The molecule has 1 aliphatic rings. The molecule has 0 radical (unpaired) electrons. The first-order valence-electron chi connectivity index (χ1n) is 18.8. The molecule has 1 aliphatic heterocycles. The van der Waals surface area contributed by atoms with Crippen LogP contribution in [-0.2, 0) is 22.5 Å². The molecule has 0 saturated carbocycles. The third-order valence-electron chi connectivity index (χ3n) is 10.2. The van der Waals surface area contributed by atoms with Gasteiger partial charge in [-0.3, -0.25) is 14.9 Å². The summed E-state index contributed by atoms with van der Waals surface area (Å²) in [5.74, 6) is -0.761. The van der Waals surface area contributed by atoms with E-state index in [4.69, 9.17) is 9.47 Å². The van der Waals surface area contributed by atoms with E-state index in [1.807, 2.05) is 48.5 Å². The van der Waals surface area contributed by atoms with Crippen molar-refractivity contribution in [1.29, 1.82) is 0 Å². The summed E-state index contributed by atoms with van der Waals surface area (Å²) in [4.78, 5) is 40.3. The molecule has 56 heavy (non-hydrogen) atoms. The van der Waals surface area contributed by atoms with Crippen molar-refractivity contribution >= 4 is 34.3 Å². The van der Waals surface area contributed by atoms with E-state index in [0.29, 0.717) is 40.8 Å². The number of aromatic amines is 1. The number of aromatic nitrogens is 1. The van der Waals surface area contributed by atoms with E-state index in [1.54, 1.807) is 6.07 Å². The summed E-state index contributed by atoms with van der Waals surface area (Å²) >= 11 is 0. The molecule has 6 rings (SSSR count). The minimum absolute atomic E-state index is 0.0159. The minimum atomic E-state index is -1.00. The molecule has 1 fully saturated rings. The zero-order valence-electron chi connectivity index (χ0n) is 31.9. The number of aromatic hydroxyl groups is 1. The molecule has 1 aromatic heterocycles. The van der Waals surface area contributed by atoms with Gasteiger partial charge in [0.15, 0.2) is 0 Å². The lowest BCUT2D eigenvalue weighted by Gasteiger charge is -2.36. The van der Waals surface area contributed by atoms with Gasteiger partial charge in [0.05, 0.1) is 57.3 Å². The topological polar surface area (TPSA) is 162 Å². The maximum atomic E-state index is 15.3. The first kappa shape index (κ1) is 39.9. The van der Waals surface area contributed by atoms with E-state index in [-0.39, 0.29) is 54.0 Å². The fraction of sp³-hybridized carbons (Fsp3) is 0.326. The van der Waals surface area contributed by atoms with Gasteiger partial charge in [-0.05, 0) is 53.8 Å². The number of ether oxygens (including phenoxy) is 2. The number of pyridine rings is 1. The van der Waals surface area contributed by atoms with Gasteiger partial charge < -0.3 is 39.8 Å². The summed E-state index contributed by atoms with van der Waals surface area (Å²) in [5, 5.41) is 30.3. The molecule has 4 aromatic carbocycles. The second kappa shape index (κ2) is 17.8. The molecule has 0 bridgehead atoms. The van der Waals surface area contributed by atoms with Gasteiger partial charge in [-0.15, -0.1) is 0 Å². The van der Waals surface area contributed by atoms with Crippen LogP contribution >= 0.6 is 0 Å². The number of phenols is 1. The number of fused-ring (bicyclic) bond motifs is 1. The highest BCUT2D eigenvalue weighted by Gasteiger charge is 2.28. The van der Waals surface area contributed by atoms with E-state index in [1.165, 1.54) is 37.4 Å². The summed E-state index contributed by atoms with van der Waals surface area (Å²) in [7, 11) is 5.80. The Morgan fingerprint density at radius 2 is 1.73 bits per heavy atom. The van der Waals surface area contributed by atoms with Crippen LogP contribution in [0.1, 0.15) is 48.5 Å². The highest BCUT2D eigenvalue weighted by Crippen LogP contribution is 2.32. The number of rotatable bonds is 14. The molecule has 0 unspecified atom stereocenters. The largest absolute Gasteiger partial charge is 0.506 e. The quantitative estimate of drug-likeness (QED) is 0.0688. The predicted molar refractivity (Wildman–Crippen MR) is 214 cm³/mol. The van der Waals surface area contributed by atoms with Gasteiger partial charge in [0.25, 0.3) is 0 Å². The van der Waals surface area contributed by atoms with Crippen LogP contribution in [0.3, 0.4) is 0 Å². The second-order valence-electron chi connectivity index (χ2n) is 14.8. The number of halogens is 1. The van der Waals surface area contributed by atoms with E-state index >= 15 is 4.39 Å². The number of aliphatic hydroxyl groups excluding tert-OH is 1. The van der Waals surface area contributed by atoms with Crippen LogP contribution in [0, 0.1) is 5.82 Å². The monoisotopic (exact) mass is 766 g/mol. The Kier molecular flexibility index (Phi) is 12.7. The average molecular weight is 767 g/mol. The van der Waals surface area contributed by atoms with E-state index in [0.717, 1.165) is 47.1 Å². The Morgan fingerprint density at radius 3 is 2.48 bits per heavy atom. The molecule has 13 heteroatoms. The van der Waals surface area contributed by atoms with Crippen LogP contribution in [0.2, 0.25) is 0 Å². The number of hydrogen-bond acceptors (Lipinski definition) is 8. The molecule has 6 N–H and O–H groups in total. The average Bonchev–Trinajstić information content (AvgIpc) is 3.17. The Balaban J connectivity index is 1.03. The minimum Gasteiger partial charge on any atom is -0.506 e. The van der Waals surface area contributed by atoms with Crippen LogP contribution in [0.4, 0.5) is 20.6 Å². The van der Waals surface area contributed by atoms with E-state index in [9.17, 15) is 24.6 Å². The maximum Gasteiger partial charge on any atom is 0.411 e. The number of aliphatic hydroxyl groups is 1. The summed E-state index contributed by atoms with van der Waals surface area (Å²) in [6.07, 6.45) is 1.15. The van der Waals surface area contributed by atoms with Crippen molar-refractivity contribution in [1.82, 2.24) is 10.3 Å². The fourth-order valence-corrected chi connectivity index (χ4v) is 7.06. The summed E-state index contributed by atoms with van der Waals surface area (Å²) in [6.45, 7) is 2.12. The molecule has 294 valence electrons. The highest BCUT2D eigenvalue weighted by molar-refractivity contribution is 5.92. The van der Waals surface area contributed by atoms with Crippen molar-refractivity contribution < 1.29 is 38.1 Å². The highest BCUT2D eigenvalue weighted by atomic mass is 19.1. The Labute approximate surface area is 324 Å².